The van der Waals surface area contributed by atoms with Gasteiger partial charge >= 0.3 is 5.97 Å². The van der Waals surface area contributed by atoms with Crippen LogP contribution in [0.25, 0.3) is 6.08 Å². The number of hydrogen-bond donors (Lipinski definition) is 1. The Bertz CT molecular complexity index is 441. The second-order valence-electron chi connectivity index (χ2n) is 2.93. The largest absolute Gasteiger partial charge is 0.402 e. The van der Waals surface area contributed by atoms with Crippen LogP contribution in [0.15, 0.2) is 19.2 Å². The Morgan fingerprint density at radius 2 is 2.19 bits per heavy atom. The molecule has 0 unspecified atom stereocenters. The molecule has 0 amide bonds. The van der Waals surface area contributed by atoms with E-state index in [4.69, 9.17) is 9.84 Å². The van der Waals surface area contributed by atoms with Gasteiger partial charge in [-0.1, -0.05) is 13.2 Å². The third-order valence-corrected chi connectivity index (χ3v) is 1.84. The van der Waals surface area contributed by atoms with E-state index in [9.17, 15) is 4.79 Å². The van der Waals surface area contributed by atoms with Crippen LogP contribution in [-0.4, -0.2) is 21.0 Å². The molecule has 5 heteroatoms. The van der Waals surface area contributed by atoms with E-state index in [1.807, 2.05) is 0 Å². The maximum absolute atomic E-state index is 11.0. The molecule has 0 aliphatic heterocycles. The number of aromatic nitrogens is 2. The van der Waals surface area contributed by atoms with Crippen LogP contribution < -0.4 is 4.74 Å². The van der Waals surface area contributed by atoms with Gasteiger partial charge in [-0.15, -0.1) is 0 Å². The average Bonchev–Trinajstić information content (AvgIpc) is 2.30. The third-order valence-electron chi connectivity index (χ3n) is 1.84. The summed E-state index contributed by atoms with van der Waals surface area (Å²) in [6.45, 7) is 8.20. The molecule has 16 heavy (non-hydrogen) atoms. The van der Waals surface area contributed by atoms with Gasteiger partial charge in [0.2, 0.25) is 5.88 Å². The minimum atomic E-state index is -0.607. The van der Waals surface area contributed by atoms with Gasteiger partial charge < -0.3 is 9.84 Å². The fourth-order valence-electron chi connectivity index (χ4n) is 1.08. The lowest BCUT2D eigenvalue weighted by molar-refractivity contribution is -0.129. The predicted octanol–water partition coefficient (Wildman–Crippen LogP) is 1.01. The van der Waals surface area contributed by atoms with Gasteiger partial charge in [-0.25, -0.2) is 14.8 Å². The maximum Gasteiger partial charge on any atom is 0.336 e. The zero-order chi connectivity index (χ0) is 12.1. The molecule has 1 heterocycles. The molecule has 1 N–H and O–H groups in total. The average molecular weight is 220 g/mol. The van der Waals surface area contributed by atoms with Crippen LogP contribution in [0.1, 0.15) is 17.1 Å². The van der Waals surface area contributed by atoms with Crippen LogP contribution in [0.5, 0.6) is 5.88 Å². The SMILES string of the molecule is C=CC(=O)Oc1nc(C=C)c(CO)nc1C. The summed E-state index contributed by atoms with van der Waals surface area (Å²) in [4.78, 5) is 19.1. The molecule has 0 bridgehead atoms. The Morgan fingerprint density at radius 3 is 2.69 bits per heavy atom. The molecule has 0 aliphatic carbocycles. The van der Waals surface area contributed by atoms with Crippen molar-refractivity contribution in [1.82, 2.24) is 9.97 Å². The number of ether oxygens (including phenoxy) is 1. The van der Waals surface area contributed by atoms with Crippen molar-refractivity contribution in [2.45, 2.75) is 13.5 Å². The molecule has 0 aliphatic rings. The quantitative estimate of drug-likeness (QED) is 0.605. The van der Waals surface area contributed by atoms with E-state index in [-0.39, 0.29) is 12.5 Å². The minimum Gasteiger partial charge on any atom is -0.402 e. The number of hydrogen-bond acceptors (Lipinski definition) is 5. The zero-order valence-corrected chi connectivity index (χ0v) is 8.93. The lowest BCUT2D eigenvalue weighted by Gasteiger charge is -2.07. The summed E-state index contributed by atoms with van der Waals surface area (Å²) in [6.07, 6.45) is 2.47. The number of aryl methyl sites for hydroxylation is 1. The molecule has 84 valence electrons. The molecule has 5 nitrogen and oxygen atoms in total. The van der Waals surface area contributed by atoms with E-state index in [1.165, 1.54) is 6.08 Å². The summed E-state index contributed by atoms with van der Waals surface area (Å²) in [5.74, 6) is -0.513. The highest BCUT2D eigenvalue weighted by atomic mass is 16.5. The van der Waals surface area contributed by atoms with Crippen molar-refractivity contribution >= 4 is 12.0 Å². The van der Waals surface area contributed by atoms with Gasteiger partial charge in [0.1, 0.15) is 5.69 Å². The van der Waals surface area contributed by atoms with Gasteiger partial charge in [-0.2, -0.15) is 0 Å². The van der Waals surface area contributed by atoms with Crippen molar-refractivity contribution in [3.8, 4) is 5.88 Å². The summed E-state index contributed by atoms with van der Waals surface area (Å²) < 4.78 is 4.88. The van der Waals surface area contributed by atoms with Crippen molar-refractivity contribution in [3.63, 3.8) is 0 Å². The summed E-state index contributed by atoms with van der Waals surface area (Å²) in [7, 11) is 0. The first-order valence-electron chi connectivity index (χ1n) is 4.57. The van der Waals surface area contributed by atoms with E-state index in [2.05, 4.69) is 23.1 Å². The van der Waals surface area contributed by atoms with Gasteiger partial charge in [-0.3, -0.25) is 0 Å². The number of aliphatic hydroxyl groups excluding tert-OH is 1. The zero-order valence-electron chi connectivity index (χ0n) is 8.93. The molecule has 0 saturated carbocycles. The second-order valence-corrected chi connectivity index (χ2v) is 2.93. The number of esters is 1. The third kappa shape index (κ3) is 2.52. The molecule has 1 aromatic rings. The number of nitrogens with zero attached hydrogens (tertiary/aromatic N) is 2. The normalized spacial score (nSPS) is 9.62. The van der Waals surface area contributed by atoms with E-state index in [0.717, 1.165) is 6.08 Å². The smallest absolute Gasteiger partial charge is 0.336 e. The molecule has 1 rings (SSSR count). The highest BCUT2D eigenvalue weighted by Gasteiger charge is 2.11. The van der Waals surface area contributed by atoms with Crippen LogP contribution in [0.4, 0.5) is 0 Å². The first-order valence-corrected chi connectivity index (χ1v) is 4.57. The van der Waals surface area contributed by atoms with Crippen molar-refractivity contribution in [2.24, 2.45) is 0 Å². The van der Waals surface area contributed by atoms with Gasteiger partial charge in [-0.05, 0) is 13.0 Å². The Labute approximate surface area is 93.1 Å². The Kier molecular flexibility index (Phi) is 3.90. The molecular weight excluding hydrogens is 208 g/mol. The van der Waals surface area contributed by atoms with Gasteiger partial charge in [0.25, 0.3) is 0 Å². The summed E-state index contributed by atoms with van der Waals surface area (Å²) in [5.41, 5.74) is 1.20. The minimum absolute atomic E-state index is 0.0944. The topological polar surface area (TPSA) is 72.3 Å². The first-order chi connectivity index (χ1) is 7.62. The second kappa shape index (κ2) is 5.18. The van der Waals surface area contributed by atoms with Gasteiger partial charge in [0, 0.05) is 6.08 Å². The number of carbonyl (C=O) groups is 1. The lowest BCUT2D eigenvalue weighted by atomic mass is 10.3. The predicted molar refractivity (Wildman–Crippen MR) is 58.6 cm³/mol. The van der Waals surface area contributed by atoms with Crippen LogP contribution >= 0.6 is 0 Å². The fraction of sp³-hybridized carbons (Fsp3) is 0.182. The summed E-state index contributed by atoms with van der Waals surface area (Å²) in [5, 5.41) is 9.02. The Morgan fingerprint density at radius 1 is 1.50 bits per heavy atom. The molecular formula is C11H12N2O3. The molecule has 0 spiro atoms. The standard InChI is InChI=1S/C11H12N2O3/c1-4-8-9(6-14)12-7(3)11(13-8)16-10(15)5-2/h4-5,14H,1-2,6H2,3H3. The molecule has 0 radical (unpaired) electrons. The van der Waals surface area contributed by atoms with Crippen molar-refractivity contribution in [1.29, 1.82) is 0 Å². The Hall–Kier alpha value is -2.01. The summed E-state index contributed by atoms with van der Waals surface area (Å²) in [6, 6.07) is 0. The lowest BCUT2D eigenvalue weighted by Crippen LogP contribution is -2.09. The van der Waals surface area contributed by atoms with Crippen molar-refractivity contribution < 1.29 is 14.6 Å². The summed E-state index contributed by atoms with van der Waals surface area (Å²) >= 11 is 0. The van der Waals surface area contributed by atoms with Gasteiger partial charge in [0.05, 0.1) is 18.0 Å². The maximum atomic E-state index is 11.0. The molecule has 1 aromatic heterocycles. The highest BCUT2D eigenvalue weighted by Crippen LogP contribution is 2.16. The molecule has 0 fully saturated rings. The Balaban J connectivity index is 3.15. The van der Waals surface area contributed by atoms with E-state index in [0.29, 0.717) is 17.1 Å². The van der Waals surface area contributed by atoms with Crippen molar-refractivity contribution in [3.05, 3.63) is 36.3 Å². The van der Waals surface area contributed by atoms with Crippen LogP contribution in [0, 0.1) is 6.92 Å². The molecule has 0 aromatic carbocycles. The van der Waals surface area contributed by atoms with E-state index in [1.54, 1.807) is 6.92 Å². The molecule has 0 atom stereocenters. The van der Waals surface area contributed by atoms with Crippen molar-refractivity contribution in [2.75, 3.05) is 0 Å². The van der Waals surface area contributed by atoms with E-state index >= 15 is 0 Å². The van der Waals surface area contributed by atoms with E-state index < -0.39 is 5.97 Å². The number of carbonyl (C=O) groups excluding carboxylic acids is 1. The van der Waals surface area contributed by atoms with Crippen LogP contribution in [0.2, 0.25) is 0 Å². The van der Waals surface area contributed by atoms with Crippen LogP contribution in [0.3, 0.4) is 0 Å². The van der Waals surface area contributed by atoms with Crippen LogP contribution in [-0.2, 0) is 11.4 Å². The first kappa shape index (κ1) is 12.1. The fourth-order valence-corrected chi connectivity index (χ4v) is 1.08. The van der Waals surface area contributed by atoms with Gasteiger partial charge in [0.15, 0.2) is 0 Å². The number of rotatable bonds is 4. The highest BCUT2D eigenvalue weighted by molar-refractivity contribution is 5.83. The molecule has 0 saturated heterocycles. The monoisotopic (exact) mass is 220 g/mol. The number of aliphatic hydroxyl groups is 1.